The first kappa shape index (κ1) is 13.0. The van der Waals surface area contributed by atoms with Gasteiger partial charge in [0.1, 0.15) is 0 Å². The van der Waals surface area contributed by atoms with Gasteiger partial charge in [-0.15, -0.1) is 0 Å². The lowest BCUT2D eigenvalue weighted by atomic mass is 10.0. The molecule has 2 rings (SSSR count). The van der Waals surface area contributed by atoms with Gasteiger partial charge in [-0.05, 0) is 35.8 Å². The molecule has 0 fully saturated rings. The first-order valence-corrected chi connectivity index (χ1v) is 6.14. The van der Waals surface area contributed by atoms with E-state index < -0.39 is 0 Å². The molecule has 0 radical (unpaired) electrons. The SMILES string of the molecule is C=CC(=O)NC(C)c1ccc(-c2cccnc2)cc1. The first-order valence-electron chi connectivity index (χ1n) is 6.14. The topological polar surface area (TPSA) is 42.0 Å². The van der Waals surface area contributed by atoms with Gasteiger partial charge in [0, 0.05) is 12.4 Å². The van der Waals surface area contributed by atoms with Crippen molar-refractivity contribution in [3.63, 3.8) is 0 Å². The van der Waals surface area contributed by atoms with Crippen LogP contribution in [0.2, 0.25) is 0 Å². The number of benzene rings is 1. The number of carbonyl (C=O) groups excluding carboxylic acids is 1. The van der Waals surface area contributed by atoms with Crippen LogP contribution in [0.15, 0.2) is 61.4 Å². The van der Waals surface area contributed by atoms with E-state index in [0.717, 1.165) is 16.7 Å². The van der Waals surface area contributed by atoms with E-state index in [-0.39, 0.29) is 11.9 Å². The summed E-state index contributed by atoms with van der Waals surface area (Å²) in [7, 11) is 0. The van der Waals surface area contributed by atoms with Crippen molar-refractivity contribution in [2.45, 2.75) is 13.0 Å². The molecule has 19 heavy (non-hydrogen) atoms. The Morgan fingerprint density at radius 2 is 2.00 bits per heavy atom. The summed E-state index contributed by atoms with van der Waals surface area (Å²) in [6, 6.07) is 12.0. The maximum atomic E-state index is 11.2. The second-order valence-corrected chi connectivity index (χ2v) is 4.30. The molecule has 1 amide bonds. The Hall–Kier alpha value is -2.42. The standard InChI is InChI=1S/C16H16N2O/c1-3-16(19)18-12(2)13-6-8-14(9-7-13)15-5-4-10-17-11-15/h3-12H,1H2,2H3,(H,18,19). The van der Waals surface area contributed by atoms with Crippen molar-refractivity contribution >= 4 is 5.91 Å². The Morgan fingerprint density at radius 3 is 2.58 bits per heavy atom. The van der Waals surface area contributed by atoms with Crippen LogP contribution in [0.1, 0.15) is 18.5 Å². The highest BCUT2D eigenvalue weighted by molar-refractivity contribution is 5.87. The lowest BCUT2D eigenvalue weighted by Crippen LogP contribution is -2.24. The fourth-order valence-corrected chi connectivity index (χ4v) is 1.85. The largest absolute Gasteiger partial charge is 0.346 e. The Balaban J connectivity index is 2.14. The molecule has 0 aliphatic heterocycles. The quantitative estimate of drug-likeness (QED) is 0.849. The van der Waals surface area contributed by atoms with Crippen molar-refractivity contribution < 1.29 is 4.79 Å². The number of carbonyl (C=O) groups is 1. The number of nitrogens with one attached hydrogen (secondary N) is 1. The molecule has 0 saturated heterocycles. The third-order valence-electron chi connectivity index (χ3n) is 2.95. The van der Waals surface area contributed by atoms with Crippen LogP contribution in [0, 0.1) is 0 Å². The second-order valence-electron chi connectivity index (χ2n) is 4.30. The Kier molecular flexibility index (Phi) is 4.08. The Labute approximate surface area is 113 Å². The third kappa shape index (κ3) is 3.28. The summed E-state index contributed by atoms with van der Waals surface area (Å²) in [4.78, 5) is 15.3. The zero-order valence-electron chi connectivity index (χ0n) is 10.8. The molecule has 1 aromatic heterocycles. The zero-order valence-corrected chi connectivity index (χ0v) is 10.8. The van der Waals surface area contributed by atoms with Crippen LogP contribution in [-0.2, 0) is 4.79 Å². The number of pyridine rings is 1. The van der Waals surface area contributed by atoms with Gasteiger partial charge in [-0.1, -0.05) is 36.9 Å². The fourth-order valence-electron chi connectivity index (χ4n) is 1.85. The number of hydrogen-bond donors (Lipinski definition) is 1. The van der Waals surface area contributed by atoms with E-state index in [1.54, 1.807) is 6.20 Å². The van der Waals surface area contributed by atoms with Gasteiger partial charge in [-0.3, -0.25) is 9.78 Å². The lowest BCUT2D eigenvalue weighted by Gasteiger charge is -2.13. The molecule has 0 aliphatic rings. The number of amides is 1. The number of rotatable bonds is 4. The van der Waals surface area contributed by atoms with Gasteiger partial charge >= 0.3 is 0 Å². The summed E-state index contributed by atoms with van der Waals surface area (Å²) in [5.74, 6) is -0.163. The van der Waals surface area contributed by atoms with E-state index in [2.05, 4.69) is 16.9 Å². The van der Waals surface area contributed by atoms with Crippen LogP contribution >= 0.6 is 0 Å². The summed E-state index contributed by atoms with van der Waals surface area (Å²) < 4.78 is 0. The molecule has 1 aromatic carbocycles. The van der Waals surface area contributed by atoms with Gasteiger partial charge in [0.15, 0.2) is 0 Å². The molecule has 2 aromatic rings. The minimum Gasteiger partial charge on any atom is -0.346 e. The van der Waals surface area contributed by atoms with Gasteiger partial charge in [0.25, 0.3) is 0 Å². The highest BCUT2D eigenvalue weighted by Crippen LogP contribution is 2.21. The smallest absolute Gasteiger partial charge is 0.243 e. The predicted molar refractivity (Wildman–Crippen MR) is 76.4 cm³/mol. The van der Waals surface area contributed by atoms with Crippen LogP contribution in [0.25, 0.3) is 11.1 Å². The van der Waals surface area contributed by atoms with Gasteiger partial charge < -0.3 is 5.32 Å². The molecule has 0 spiro atoms. The molecule has 3 nitrogen and oxygen atoms in total. The van der Waals surface area contributed by atoms with Gasteiger partial charge in [0.2, 0.25) is 5.91 Å². The Bertz CT molecular complexity index is 561. The highest BCUT2D eigenvalue weighted by Gasteiger charge is 2.07. The van der Waals surface area contributed by atoms with Crippen LogP contribution < -0.4 is 5.32 Å². The number of aromatic nitrogens is 1. The average Bonchev–Trinajstić information content (AvgIpc) is 2.48. The van der Waals surface area contributed by atoms with Crippen LogP contribution in [0.3, 0.4) is 0 Å². The predicted octanol–water partition coefficient (Wildman–Crippen LogP) is 3.11. The zero-order chi connectivity index (χ0) is 13.7. The molecule has 0 aliphatic carbocycles. The fraction of sp³-hybridized carbons (Fsp3) is 0.125. The monoisotopic (exact) mass is 252 g/mol. The molecular weight excluding hydrogens is 236 g/mol. The van der Waals surface area contributed by atoms with E-state index in [1.807, 2.05) is 49.5 Å². The molecule has 1 atom stereocenters. The summed E-state index contributed by atoms with van der Waals surface area (Å²) in [6.07, 6.45) is 4.86. The maximum absolute atomic E-state index is 11.2. The summed E-state index contributed by atoms with van der Waals surface area (Å²) in [5, 5.41) is 2.84. The first-order chi connectivity index (χ1) is 9.20. The maximum Gasteiger partial charge on any atom is 0.243 e. The molecule has 0 saturated carbocycles. The molecule has 1 N–H and O–H groups in total. The van der Waals surface area contributed by atoms with Gasteiger partial charge in [-0.25, -0.2) is 0 Å². The Morgan fingerprint density at radius 1 is 1.26 bits per heavy atom. The number of hydrogen-bond acceptors (Lipinski definition) is 2. The van der Waals surface area contributed by atoms with Crippen LogP contribution in [0.4, 0.5) is 0 Å². The van der Waals surface area contributed by atoms with E-state index in [9.17, 15) is 4.79 Å². The molecule has 1 unspecified atom stereocenters. The van der Waals surface area contributed by atoms with Crippen molar-refractivity contribution in [2.24, 2.45) is 0 Å². The van der Waals surface area contributed by atoms with Crippen molar-refractivity contribution in [1.82, 2.24) is 10.3 Å². The van der Waals surface area contributed by atoms with Crippen molar-refractivity contribution in [1.29, 1.82) is 0 Å². The van der Waals surface area contributed by atoms with E-state index >= 15 is 0 Å². The van der Waals surface area contributed by atoms with Gasteiger partial charge in [0.05, 0.1) is 6.04 Å². The minimum absolute atomic E-state index is 0.0338. The summed E-state index contributed by atoms with van der Waals surface area (Å²) >= 11 is 0. The second kappa shape index (κ2) is 5.96. The van der Waals surface area contributed by atoms with E-state index in [1.165, 1.54) is 6.08 Å². The molecule has 0 bridgehead atoms. The number of nitrogens with zero attached hydrogens (tertiary/aromatic N) is 1. The van der Waals surface area contributed by atoms with E-state index in [0.29, 0.717) is 0 Å². The molecule has 3 heteroatoms. The van der Waals surface area contributed by atoms with E-state index in [4.69, 9.17) is 0 Å². The lowest BCUT2D eigenvalue weighted by molar-refractivity contribution is -0.117. The van der Waals surface area contributed by atoms with Crippen molar-refractivity contribution in [3.05, 3.63) is 67.0 Å². The normalized spacial score (nSPS) is 11.6. The molecule has 96 valence electrons. The van der Waals surface area contributed by atoms with Crippen molar-refractivity contribution in [2.75, 3.05) is 0 Å². The van der Waals surface area contributed by atoms with Gasteiger partial charge in [-0.2, -0.15) is 0 Å². The average molecular weight is 252 g/mol. The molecule has 1 heterocycles. The summed E-state index contributed by atoms with van der Waals surface area (Å²) in [6.45, 7) is 5.39. The summed E-state index contributed by atoms with van der Waals surface area (Å²) in [5.41, 5.74) is 3.25. The minimum atomic E-state index is -0.163. The van der Waals surface area contributed by atoms with Crippen molar-refractivity contribution in [3.8, 4) is 11.1 Å². The third-order valence-corrected chi connectivity index (χ3v) is 2.95. The molecular formula is C16H16N2O. The van der Waals surface area contributed by atoms with Crippen LogP contribution in [0.5, 0.6) is 0 Å². The van der Waals surface area contributed by atoms with Crippen LogP contribution in [-0.4, -0.2) is 10.9 Å². The highest BCUT2D eigenvalue weighted by atomic mass is 16.1.